The van der Waals surface area contributed by atoms with Gasteiger partial charge >= 0.3 is 0 Å². The summed E-state index contributed by atoms with van der Waals surface area (Å²) in [5, 5.41) is 0.523. The predicted molar refractivity (Wildman–Crippen MR) is 55.6 cm³/mol. The number of nitrogens with two attached hydrogens (primary N) is 1. The molecule has 0 aromatic carbocycles. The van der Waals surface area contributed by atoms with Crippen molar-refractivity contribution in [3.05, 3.63) is 29.0 Å². The predicted octanol–water partition coefficient (Wildman–Crippen LogP) is 2.78. The number of pyridine rings is 1. The van der Waals surface area contributed by atoms with Crippen LogP contribution in [-0.2, 0) is 0 Å². The molecule has 0 amide bonds. The van der Waals surface area contributed by atoms with E-state index in [4.69, 9.17) is 17.3 Å². The quantitative estimate of drug-likeness (QED) is 0.759. The molecule has 2 nitrogen and oxygen atoms in total. The average molecular weight is 199 g/mol. The molecule has 72 valence electrons. The topological polar surface area (TPSA) is 38.9 Å². The molecule has 2 N–H and O–H groups in total. The molecule has 0 radical (unpaired) electrons. The minimum absolute atomic E-state index is 0.00815. The van der Waals surface area contributed by atoms with Crippen LogP contribution in [0, 0.1) is 5.92 Å². The molecule has 1 heterocycles. The zero-order valence-corrected chi connectivity index (χ0v) is 8.75. The average Bonchev–Trinajstić information content (AvgIpc) is 2.16. The van der Waals surface area contributed by atoms with E-state index in [1.807, 2.05) is 12.1 Å². The highest BCUT2D eigenvalue weighted by molar-refractivity contribution is 6.30. The van der Waals surface area contributed by atoms with Crippen LogP contribution in [0.1, 0.15) is 31.9 Å². The molecule has 1 unspecified atom stereocenters. The Labute approximate surface area is 84.1 Å². The highest BCUT2D eigenvalue weighted by Crippen LogP contribution is 2.25. The minimum Gasteiger partial charge on any atom is -0.324 e. The normalized spacial score (nSPS) is 15.4. The molecule has 0 aliphatic heterocycles. The lowest BCUT2D eigenvalue weighted by atomic mass is 9.94. The van der Waals surface area contributed by atoms with Crippen molar-refractivity contribution < 1.29 is 0 Å². The smallest absolute Gasteiger partial charge is 0.133 e. The van der Waals surface area contributed by atoms with Crippen molar-refractivity contribution >= 4 is 11.6 Å². The van der Waals surface area contributed by atoms with Crippen molar-refractivity contribution in [2.45, 2.75) is 26.3 Å². The fourth-order valence-corrected chi connectivity index (χ4v) is 1.45. The van der Waals surface area contributed by atoms with Gasteiger partial charge in [-0.05, 0) is 12.0 Å². The van der Waals surface area contributed by atoms with Crippen molar-refractivity contribution in [2.75, 3.05) is 0 Å². The van der Waals surface area contributed by atoms with E-state index in [-0.39, 0.29) is 6.04 Å². The van der Waals surface area contributed by atoms with Crippen LogP contribution < -0.4 is 5.73 Å². The summed E-state index contributed by atoms with van der Waals surface area (Å²) in [4.78, 5) is 4.00. The third-order valence-electron chi connectivity index (χ3n) is 2.40. The van der Waals surface area contributed by atoms with E-state index in [0.29, 0.717) is 11.1 Å². The maximum Gasteiger partial charge on any atom is 0.133 e. The molecule has 0 saturated heterocycles. The van der Waals surface area contributed by atoms with Gasteiger partial charge in [-0.3, -0.25) is 0 Å². The lowest BCUT2D eigenvalue weighted by Crippen LogP contribution is -2.19. The van der Waals surface area contributed by atoms with Crippen molar-refractivity contribution in [3.8, 4) is 0 Å². The second-order valence-corrected chi connectivity index (χ2v) is 3.65. The third-order valence-corrected chi connectivity index (χ3v) is 2.72. The molecule has 0 aliphatic rings. The molecule has 1 aromatic heterocycles. The molecule has 2 atom stereocenters. The van der Waals surface area contributed by atoms with Gasteiger partial charge in [0.15, 0.2) is 0 Å². The molecule has 0 aliphatic carbocycles. The second kappa shape index (κ2) is 4.58. The summed E-state index contributed by atoms with van der Waals surface area (Å²) in [7, 11) is 0. The van der Waals surface area contributed by atoms with E-state index >= 15 is 0 Å². The summed E-state index contributed by atoms with van der Waals surface area (Å²) in [6.07, 6.45) is 2.72. The van der Waals surface area contributed by atoms with Crippen LogP contribution in [0.25, 0.3) is 0 Å². The van der Waals surface area contributed by atoms with Gasteiger partial charge in [0.25, 0.3) is 0 Å². The Kier molecular flexibility index (Phi) is 3.70. The lowest BCUT2D eigenvalue weighted by molar-refractivity contribution is 0.456. The van der Waals surface area contributed by atoms with Gasteiger partial charge in [-0.1, -0.05) is 37.9 Å². The van der Waals surface area contributed by atoms with Gasteiger partial charge in [0.05, 0.1) is 0 Å². The summed E-state index contributed by atoms with van der Waals surface area (Å²) < 4.78 is 0. The highest BCUT2D eigenvalue weighted by atomic mass is 35.5. The van der Waals surface area contributed by atoms with E-state index in [9.17, 15) is 0 Å². The molecule has 3 heteroatoms. The molecular weight excluding hydrogens is 184 g/mol. The Morgan fingerprint density at radius 1 is 1.62 bits per heavy atom. The van der Waals surface area contributed by atoms with Gasteiger partial charge in [-0.2, -0.15) is 0 Å². The summed E-state index contributed by atoms with van der Waals surface area (Å²) in [6.45, 7) is 4.24. The maximum absolute atomic E-state index is 6.03. The standard InChI is InChI=1S/C10H15ClN2/c1-3-7(2)9(12)8-5-4-6-13-10(8)11/h4-7,9H,3,12H2,1-2H3/t7?,9-/m1/s1. The minimum atomic E-state index is -0.00815. The first-order chi connectivity index (χ1) is 6.16. The highest BCUT2D eigenvalue weighted by Gasteiger charge is 2.15. The Balaban J connectivity index is 2.88. The van der Waals surface area contributed by atoms with Gasteiger partial charge in [-0.25, -0.2) is 4.98 Å². The third kappa shape index (κ3) is 2.42. The molecule has 13 heavy (non-hydrogen) atoms. The maximum atomic E-state index is 6.03. The largest absolute Gasteiger partial charge is 0.324 e. The van der Waals surface area contributed by atoms with Crippen LogP contribution in [0.2, 0.25) is 5.15 Å². The van der Waals surface area contributed by atoms with Gasteiger partial charge in [0.2, 0.25) is 0 Å². The number of nitrogens with zero attached hydrogens (tertiary/aromatic N) is 1. The Bertz CT molecular complexity index is 275. The van der Waals surface area contributed by atoms with Gasteiger partial charge in [0.1, 0.15) is 5.15 Å². The van der Waals surface area contributed by atoms with Crippen LogP contribution >= 0.6 is 11.6 Å². The molecule has 1 aromatic rings. The Hall–Kier alpha value is -0.600. The molecule has 0 saturated carbocycles. The molecule has 0 bridgehead atoms. The first kappa shape index (κ1) is 10.5. The first-order valence-electron chi connectivity index (χ1n) is 4.52. The van der Waals surface area contributed by atoms with Gasteiger partial charge in [0, 0.05) is 17.8 Å². The monoisotopic (exact) mass is 198 g/mol. The summed E-state index contributed by atoms with van der Waals surface area (Å²) in [6, 6.07) is 3.79. The fourth-order valence-electron chi connectivity index (χ4n) is 1.21. The number of hydrogen-bond acceptors (Lipinski definition) is 2. The van der Waals surface area contributed by atoms with E-state index in [1.54, 1.807) is 6.20 Å². The van der Waals surface area contributed by atoms with Crippen LogP contribution in [0.3, 0.4) is 0 Å². The van der Waals surface area contributed by atoms with Crippen LogP contribution in [0.4, 0.5) is 0 Å². The van der Waals surface area contributed by atoms with E-state index in [0.717, 1.165) is 12.0 Å². The fraction of sp³-hybridized carbons (Fsp3) is 0.500. The number of hydrogen-bond donors (Lipinski definition) is 1. The summed E-state index contributed by atoms with van der Waals surface area (Å²) in [5.74, 6) is 0.432. The van der Waals surface area contributed by atoms with E-state index in [2.05, 4.69) is 18.8 Å². The Morgan fingerprint density at radius 3 is 2.85 bits per heavy atom. The summed E-state index contributed by atoms with van der Waals surface area (Å²) in [5.41, 5.74) is 6.97. The van der Waals surface area contributed by atoms with Crippen LogP contribution in [-0.4, -0.2) is 4.98 Å². The van der Waals surface area contributed by atoms with Crippen molar-refractivity contribution in [2.24, 2.45) is 11.7 Å². The molecule has 1 rings (SSSR count). The zero-order valence-electron chi connectivity index (χ0n) is 8.00. The zero-order chi connectivity index (χ0) is 9.84. The lowest BCUT2D eigenvalue weighted by Gasteiger charge is -2.18. The van der Waals surface area contributed by atoms with E-state index < -0.39 is 0 Å². The molecule has 0 spiro atoms. The van der Waals surface area contributed by atoms with Crippen molar-refractivity contribution in [3.63, 3.8) is 0 Å². The number of rotatable bonds is 3. The second-order valence-electron chi connectivity index (χ2n) is 3.29. The Morgan fingerprint density at radius 2 is 2.31 bits per heavy atom. The SMILES string of the molecule is CCC(C)[C@@H](N)c1cccnc1Cl. The van der Waals surface area contributed by atoms with Crippen LogP contribution in [0.15, 0.2) is 18.3 Å². The first-order valence-corrected chi connectivity index (χ1v) is 4.90. The van der Waals surface area contributed by atoms with Gasteiger partial charge in [-0.15, -0.1) is 0 Å². The molecular formula is C10H15ClN2. The number of halogens is 1. The number of aromatic nitrogens is 1. The van der Waals surface area contributed by atoms with Gasteiger partial charge < -0.3 is 5.73 Å². The van der Waals surface area contributed by atoms with E-state index in [1.165, 1.54) is 0 Å². The summed E-state index contributed by atoms with van der Waals surface area (Å²) >= 11 is 5.93. The van der Waals surface area contributed by atoms with Crippen LogP contribution in [0.5, 0.6) is 0 Å². The molecule has 0 fully saturated rings. The van der Waals surface area contributed by atoms with Crippen molar-refractivity contribution in [1.82, 2.24) is 4.98 Å². The van der Waals surface area contributed by atoms with Crippen molar-refractivity contribution in [1.29, 1.82) is 0 Å².